The van der Waals surface area contributed by atoms with E-state index in [9.17, 15) is 24.3 Å². The van der Waals surface area contributed by atoms with Crippen LogP contribution in [0.4, 0.5) is 0 Å². The van der Waals surface area contributed by atoms with Gasteiger partial charge in [-0.1, -0.05) is 18.2 Å². The fourth-order valence-electron chi connectivity index (χ4n) is 3.27. The van der Waals surface area contributed by atoms with Gasteiger partial charge >= 0.3 is 0 Å². The number of rotatable bonds is 4. The molecule has 0 aromatic heterocycles. The summed E-state index contributed by atoms with van der Waals surface area (Å²) in [6, 6.07) is 8.83. The molecule has 0 unspecified atom stereocenters. The summed E-state index contributed by atoms with van der Waals surface area (Å²) in [4.78, 5) is 47.3. The molecule has 4 N–H and O–H groups in total. The van der Waals surface area contributed by atoms with E-state index in [-0.39, 0.29) is 18.0 Å². The molecule has 0 atom stereocenters. The highest BCUT2D eigenvalue weighted by Crippen LogP contribution is 2.20. The first-order valence-corrected chi connectivity index (χ1v) is 8.87. The van der Waals surface area contributed by atoms with Gasteiger partial charge in [0.1, 0.15) is 0 Å². The van der Waals surface area contributed by atoms with Gasteiger partial charge in [-0.05, 0) is 37.8 Å². The van der Waals surface area contributed by atoms with Crippen molar-refractivity contribution in [3.05, 3.63) is 47.4 Å². The molecule has 1 aromatic rings. The molecular formula is C19H21N3O5. The highest BCUT2D eigenvalue weighted by atomic mass is 16.3. The molecule has 3 rings (SSSR count). The van der Waals surface area contributed by atoms with Crippen LogP contribution in [0.1, 0.15) is 42.5 Å². The van der Waals surface area contributed by atoms with E-state index in [2.05, 4.69) is 16.0 Å². The van der Waals surface area contributed by atoms with E-state index in [1.165, 1.54) is 0 Å². The van der Waals surface area contributed by atoms with Crippen LogP contribution in [0.3, 0.4) is 0 Å². The fourth-order valence-corrected chi connectivity index (χ4v) is 3.27. The second-order valence-corrected chi connectivity index (χ2v) is 6.73. The summed E-state index contributed by atoms with van der Waals surface area (Å²) in [5, 5.41) is 17.7. The first kappa shape index (κ1) is 18.6. The van der Waals surface area contributed by atoms with Crippen molar-refractivity contribution in [2.45, 2.75) is 44.2 Å². The molecule has 2 aliphatic rings. The van der Waals surface area contributed by atoms with Crippen molar-refractivity contribution in [3.63, 3.8) is 0 Å². The van der Waals surface area contributed by atoms with Crippen LogP contribution in [0.25, 0.3) is 0 Å². The number of benzene rings is 1. The zero-order valence-electron chi connectivity index (χ0n) is 14.7. The standard InChI is InChI=1S/C19H21N3O5/c23-14-10-15(24)22-16(17(14)25)19(27)21-13-8-6-12(7-9-13)20-18(26)11-4-2-1-3-5-11/h1-5,12-13,25H,6-10H2,(H,20,26)(H,21,27)(H,22,24). The smallest absolute Gasteiger partial charge is 0.272 e. The predicted octanol–water partition coefficient (Wildman–Crippen LogP) is 0.702. The Balaban J connectivity index is 1.50. The van der Waals surface area contributed by atoms with E-state index in [4.69, 9.17) is 0 Å². The molecule has 1 aliphatic heterocycles. The van der Waals surface area contributed by atoms with E-state index in [1.54, 1.807) is 24.3 Å². The Morgan fingerprint density at radius 2 is 1.48 bits per heavy atom. The molecule has 3 amide bonds. The number of Topliss-reactive ketones (excluding diaryl/α,β-unsaturated/α-hetero) is 1. The zero-order valence-corrected chi connectivity index (χ0v) is 14.7. The summed E-state index contributed by atoms with van der Waals surface area (Å²) < 4.78 is 0. The minimum atomic E-state index is -0.767. The van der Waals surface area contributed by atoms with E-state index >= 15 is 0 Å². The van der Waals surface area contributed by atoms with Gasteiger partial charge in [-0.15, -0.1) is 0 Å². The van der Waals surface area contributed by atoms with Crippen LogP contribution in [0.15, 0.2) is 41.8 Å². The number of aliphatic hydroxyl groups excluding tert-OH is 1. The number of hydrogen-bond acceptors (Lipinski definition) is 5. The first-order valence-electron chi connectivity index (χ1n) is 8.87. The Labute approximate surface area is 156 Å². The van der Waals surface area contributed by atoms with Gasteiger partial charge in [0.05, 0.1) is 6.42 Å². The van der Waals surface area contributed by atoms with Crippen molar-refractivity contribution >= 4 is 23.5 Å². The first-order chi connectivity index (χ1) is 12.9. The zero-order chi connectivity index (χ0) is 19.4. The number of nitrogens with one attached hydrogen (secondary N) is 3. The highest BCUT2D eigenvalue weighted by molar-refractivity contribution is 6.15. The van der Waals surface area contributed by atoms with E-state index in [0.29, 0.717) is 31.2 Å². The van der Waals surface area contributed by atoms with Crippen LogP contribution in [0.5, 0.6) is 0 Å². The molecule has 0 radical (unpaired) electrons. The van der Waals surface area contributed by atoms with Gasteiger partial charge in [0.25, 0.3) is 11.8 Å². The van der Waals surface area contributed by atoms with Crippen LogP contribution >= 0.6 is 0 Å². The Morgan fingerprint density at radius 1 is 0.926 bits per heavy atom. The molecule has 142 valence electrons. The van der Waals surface area contributed by atoms with Crippen molar-refractivity contribution < 1.29 is 24.3 Å². The van der Waals surface area contributed by atoms with Gasteiger partial charge in [-0.3, -0.25) is 19.2 Å². The number of aliphatic hydroxyl groups is 1. The van der Waals surface area contributed by atoms with E-state index < -0.39 is 35.5 Å². The molecule has 0 saturated heterocycles. The Hall–Kier alpha value is -3.16. The predicted molar refractivity (Wildman–Crippen MR) is 95.5 cm³/mol. The average molecular weight is 371 g/mol. The number of amides is 3. The monoisotopic (exact) mass is 371 g/mol. The quantitative estimate of drug-likeness (QED) is 0.580. The van der Waals surface area contributed by atoms with Gasteiger partial charge in [-0.25, -0.2) is 0 Å². The molecular weight excluding hydrogens is 350 g/mol. The largest absolute Gasteiger partial charge is 0.503 e. The third-order valence-corrected chi connectivity index (χ3v) is 4.75. The molecule has 1 saturated carbocycles. The molecule has 1 fully saturated rings. The molecule has 8 heteroatoms. The lowest BCUT2D eigenvalue weighted by molar-refractivity contribution is -0.131. The van der Waals surface area contributed by atoms with Crippen LogP contribution in [-0.4, -0.2) is 40.7 Å². The summed E-state index contributed by atoms with van der Waals surface area (Å²) in [7, 11) is 0. The fraction of sp³-hybridized carbons (Fsp3) is 0.368. The topological polar surface area (TPSA) is 125 Å². The van der Waals surface area contributed by atoms with Gasteiger partial charge in [-0.2, -0.15) is 0 Å². The van der Waals surface area contributed by atoms with Gasteiger partial charge in [0, 0.05) is 17.6 Å². The van der Waals surface area contributed by atoms with Crippen molar-refractivity contribution in [2.24, 2.45) is 0 Å². The number of ketones is 1. The van der Waals surface area contributed by atoms with Crippen LogP contribution < -0.4 is 16.0 Å². The number of carbonyl (C=O) groups excluding carboxylic acids is 4. The van der Waals surface area contributed by atoms with Gasteiger partial charge < -0.3 is 21.1 Å². The molecule has 8 nitrogen and oxygen atoms in total. The van der Waals surface area contributed by atoms with Crippen molar-refractivity contribution in [2.75, 3.05) is 0 Å². The summed E-state index contributed by atoms with van der Waals surface area (Å²) in [6.45, 7) is 0. The maximum atomic E-state index is 12.2. The molecule has 0 spiro atoms. The Kier molecular flexibility index (Phi) is 5.54. The molecule has 27 heavy (non-hydrogen) atoms. The lowest BCUT2D eigenvalue weighted by Gasteiger charge is -2.30. The van der Waals surface area contributed by atoms with Gasteiger partial charge in [0.2, 0.25) is 11.7 Å². The molecule has 1 heterocycles. The van der Waals surface area contributed by atoms with E-state index in [1.807, 2.05) is 6.07 Å². The highest BCUT2D eigenvalue weighted by Gasteiger charge is 2.31. The normalized spacial score (nSPS) is 22.8. The Bertz CT molecular complexity index is 795. The minimum Gasteiger partial charge on any atom is -0.503 e. The number of hydrogen-bond donors (Lipinski definition) is 4. The summed E-state index contributed by atoms with van der Waals surface area (Å²) >= 11 is 0. The summed E-state index contributed by atoms with van der Waals surface area (Å²) in [5.41, 5.74) is 0.212. The van der Waals surface area contributed by atoms with Crippen LogP contribution in [-0.2, 0) is 14.4 Å². The van der Waals surface area contributed by atoms with Gasteiger partial charge in [0.15, 0.2) is 11.5 Å². The maximum Gasteiger partial charge on any atom is 0.272 e. The maximum absolute atomic E-state index is 12.2. The summed E-state index contributed by atoms with van der Waals surface area (Å²) in [5.74, 6) is -2.89. The molecule has 1 aliphatic carbocycles. The van der Waals surface area contributed by atoms with E-state index in [0.717, 1.165) is 0 Å². The lowest BCUT2D eigenvalue weighted by atomic mass is 9.90. The third kappa shape index (κ3) is 4.52. The third-order valence-electron chi connectivity index (χ3n) is 4.75. The Morgan fingerprint density at radius 3 is 2.07 bits per heavy atom. The number of allylic oxidation sites excluding steroid dienone is 1. The van der Waals surface area contributed by atoms with Crippen LogP contribution in [0.2, 0.25) is 0 Å². The molecule has 1 aromatic carbocycles. The SMILES string of the molecule is O=C1CC(=O)C(O)=C(C(=O)NC2CCC(NC(=O)c3ccccc3)CC2)N1. The van der Waals surface area contributed by atoms with Crippen molar-refractivity contribution in [1.29, 1.82) is 0 Å². The molecule has 0 bridgehead atoms. The van der Waals surface area contributed by atoms with Crippen LogP contribution in [0, 0.1) is 0 Å². The van der Waals surface area contributed by atoms with Crippen molar-refractivity contribution in [3.8, 4) is 0 Å². The average Bonchev–Trinajstić information content (AvgIpc) is 2.66. The minimum absolute atomic E-state index is 0.0226. The lowest BCUT2D eigenvalue weighted by Crippen LogP contribution is -2.47. The second kappa shape index (κ2) is 8.03. The van der Waals surface area contributed by atoms with Crippen molar-refractivity contribution in [1.82, 2.24) is 16.0 Å². The second-order valence-electron chi connectivity index (χ2n) is 6.73. The summed E-state index contributed by atoms with van der Waals surface area (Å²) in [6.07, 6.45) is 2.21. The number of carbonyl (C=O) groups is 4.